The normalized spacial score (nSPS) is 21.5. The number of hydrogen-bond acceptors (Lipinski definition) is 6. The molecule has 2 saturated heterocycles. The number of amides is 1. The zero-order valence-electron chi connectivity index (χ0n) is 16.6. The fourth-order valence-electron chi connectivity index (χ4n) is 4.16. The number of halogens is 1. The van der Waals surface area contributed by atoms with Crippen LogP contribution in [-0.4, -0.2) is 44.7 Å². The van der Waals surface area contributed by atoms with Gasteiger partial charge >= 0.3 is 0 Å². The van der Waals surface area contributed by atoms with Crippen LogP contribution in [0.5, 0.6) is 17.2 Å². The third kappa shape index (κ3) is 3.45. The number of hydrogen-bond donors (Lipinski definition) is 1. The molecule has 2 aromatic carbocycles. The van der Waals surface area contributed by atoms with Gasteiger partial charge in [-0.25, -0.2) is 0 Å². The lowest BCUT2D eigenvalue weighted by Crippen LogP contribution is -2.62. The molecule has 2 aliphatic heterocycles. The van der Waals surface area contributed by atoms with Crippen molar-refractivity contribution in [3.63, 3.8) is 0 Å². The average molecular weight is 418 g/mol. The van der Waals surface area contributed by atoms with E-state index in [-0.39, 0.29) is 18.1 Å². The topological polar surface area (TPSA) is 63.3 Å². The lowest BCUT2D eigenvalue weighted by Gasteiger charge is -2.46. The van der Waals surface area contributed by atoms with Crippen LogP contribution < -0.4 is 24.6 Å². The summed E-state index contributed by atoms with van der Waals surface area (Å²) in [6, 6.07) is 11.1. The van der Waals surface area contributed by atoms with Crippen molar-refractivity contribution in [2.75, 3.05) is 32.9 Å². The molecule has 4 rings (SSSR count). The third-order valence-electron chi connectivity index (χ3n) is 5.48. The smallest absolute Gasteiger partial charge is 0.255 e. The number of rotatable bonds is 5. The van der Waals surface area contributed by atoms with Crippen molar-refractivity contribution < 1.29 is 19.0 Å². The van der Waals surface area contributed by atoms with E-state index >= 15 is 0 Å². The first kappa shape index (κ1) is 19.7. The number of carbonyl (C=O) groups is 1. The average Bonchev–Trinajstić information content (AvgIpc) is 3.23. The SMILES string of the molecule is COc1cc(C2N(c3ccc(Cl)cc3)NC(=O)[C@@H]3CCCN23)cc(OC)c1OC. The van der Waals surface area contributed by atoms with Crippen molar-refractivity contribution >= 4 is 23.2 Å². The molecule has 2 aliphatic rings. The molecule has 0 aliphatic carbocycles. The number of carbonyl (C=O) groups excluding carboxylic acids is 1. The molecule has 1 unspecified atom stereocenters. The van der Waals surface area contributed by atoms with Gasteiger partial charge in [0, 0.05) is 11.6 Å². The van der Waals surface area contributed by atoms with Gasteiger partial charge in [0.2, 0.25) is 5.75 Å². The van der Waals surface area contributed by atoms with Crippen LogP contribution in [0.4, 0.5) is 5.69 Å². The zero-order valence-corrected chi connectivity index (χ0v) is 17.4. The van der Waals surface area contributed by atoms with Gasteiger partial charge in [-0.3, -0.25) is 20.1 Å². The van der Waals surface area contributed by atoms with Gasteiger partial charge < -0.3 is 14.2 Å². The molecule has 0 radical (unpaired) electrons. The molecule has 2 atom stereocenters. The van der Waals surface area contributed by atoms with Crippen molar-refractivity contribution in [2.24, 2.45) is 0 Å². The summed E-state index contributed by atoms with van der Waals surface area (Å²) in [7, 11) is 4.77. The highest BCUT2D eigenvalue weighted by molar-refractivity contribution is 6.30. The van der Waals surface area contributed by atoms with Crippen molar-refractivity contribution in [1.29, 1.82) is 0 Å². The third-order valence-corrected chi connectivity index (χ3v) is 5.73. The molecule has 8 heteroatoms. The molecule has 154 valence electrons. The highest BCUT2D eigenvalue weighted by atomic mass is 35.5. The van der Waals surface area contributed by atoms with E-state index in [9.17, 15) is 4.79 Å². The van der Waals surface area contributed by atoms with Gasteiger partial charge in [-0.15, -0.1) is 0 Å². The Balaban J connectivity index is 1.84. The first-order valence-electron chi connectivity index (χ1n) is 9.48. The summed E-state index contributed by atoms with van der Waals surface area (Å²) in [6.45, 7) is 0.823. The Morgan fingerprint density at radius 2 is 1.69 bits per heavy atom. The van der Waals surface area contributed by atoms with Crippen LogP contribution >= 0.6 is 11.6 Å². The Bertz CT molecular complexity index is 880. The van der Waals surface area contributed by atoms with Crippen LogP contribution in [0.2, 0.25) is 5.02 Å². The maximum Gasteiger partial charge on any atom is 0.255 e. The summed E-state index contributed by atoms with van der Waals surface area (Å²) in [5, 5.41) is 2.52. The van der Waals surface area contributed by atoms with Gasteiger partial charge in [-0.05, 0) is 54.8 Å². The Morgan fingerprint density at radius 3 is 2.28 bits per heavy atom. The molecular formula is C21H24ClN3O4. The van der Waals surface area contributed by atoms with Crippen molar-refractivity contribution in [2.45, 2.75) is 25.0 Å². The van der Waals surface area contributed by atoms with Crippen LogP contribution in [0, 0.1) is 0 Å². The molecule has 0 spiro atoms. The maximum atomic E-state index is 12.8. The van der Waals surface area contributed by atoms with Gasteiger partial charge in [-0.1, -0.05) is 11.6 Å². The number of nitrogens with one attached hydrogen (secondary N) is 1. The second kappa shape index (κ2) is 8.00. The number of benzene rings is 2. The van der Waals surface area contributed by atoms with Crippen LogP contribution in [0.15, 0.2) is 36.4 Å². The number of ether oxygens (including phenoxy) is 3. The van der Waals surface area contributed by atoms with Crippen molar-refractivity contribution in [1.82, 2.24) is 10.3 Å². The second-order valence-corrected chi connectivity index (χ2v) is 7.49. The van der Waals surface area contributed by atoms with Crippen LogP contribution in [0.3, 0.4) is 0 Å². The largest absolute Gasteiger partial charge is 0.493 e. The van der Waals surface area contributed by atoms with E-state index in [1.165, 1.54) is 0 Å². The molecule has 2 aromatic rings. The maximum absolute atomic E-state index is 12.8. The second-order valence-electron chi connectivity index (χ2n) is 7.05. The summed E-state index contributed by atoms with van der Waals surface area (Å²) >= 11 is 6.07. The minimum Gasteiger partial charge on any atom is -0.493 e. The fraction of sp³-hybridized carbons (Fsp3) is 0.381. The standard InChI is InChI=1S/C21H24ClN3O4/c1-27-17-11-13(12-18(28-2)19(17)29-3)21-24-10-4-5-16(24)20(26)23-25(21)15-8-6-14(22)7-9-15/h6-9,11-12,16,21H,4-5,10H2,1-3H3,(H,23,26)/t16-,21?/m0/s1. The lowest BCUT2D eigenvalue weighted by atomic mass is 10.1. The summed E-state index contributed by atoms with van der Waals surface area (Å²) in [5.41, 5.74) is 4.84. The van der Waals surface area contributed by atoms with E-state index < -0.39 is 0 Å². The molecule has 0 saturated carbocycles. The van der Waals surface area contributed by atoms with Gasteiger partial charge in [-0.2, -0.15) is 0 Å². The number of fused-ring (bicyclic) bond motifs is 1. The fourth-order valence-corrected chi connectivity index (χ4v) is 4.29. The lowest BCUT2D eigenvalue weighted by molar-refractivity contribution is -0.130. The Labute approximate surface area is 175 Å². The van der Waals surface area contributed by atoms with Crippen molar-refractivity contribution in [3.8, 4) is 17.2 Å². The van der Waals surface area contributed by atoms with Crippen LogP contribution in [0.1, 0.15) is 24.6 Å². The molecule has 0 bridgehead atoms. The number of nitrogens with zero attached hydrogens (tertiary/aromatic N) is 2. The Morgan fingerprint density at radius 1 is 1.03 bits per heavy atom. The summed E-state index contributed by atoms with van der Waals surface area (Å²) < 4.78 is 16.6. The van der Waals surface area contributed by atoms with Crippen LogP contribution in [-0.2, 0) is 4.79 Å². The first-order valence-corrected chi connectivity index (χ1v) is 9.86. The molecule has 1 N–H and O–H groups in total. The summed E-state index contributed by atoms with van der Waals surface area (Å²) in [4.78, 5) is 15.0. The van der Waals surface area contributed by atoms with Crippen molar-refractivity contribution in [3.05, 3.63) is 47.0 Å². The molecule has 0 aromatic heterocycles. The predicted molar refractivity (Wildman–Crippen MR) is 111 cm³/mol. The van der Waals surface area contributed by atoms with E-state index in [0.29, 0.717) is 22.3 Å². The first-order chi connectivity index (χ1) is 14.1. The Hall–Kier alpha value is -2.64. The minimum atomic E-state index is -0.227. The van der Waals surface area contributed by atoms with Gasteiger partial charge in [0.1, 0.15) is 6.17 Å². The number of hydrazine groups is 1. The van der Waals surface area contributed by atoms with Gasteiger partial charge in [0.05, 0.1) is 33.1 Å². The highest BCUT2D eigenvalue weighted by Gasteiger charge is 2.44. The molecule has 1 amide bonds. The number of methoxy groups -OCH3 is 3. The minimum absolute atomic E-state index is 0.00106. The van der Waals surface area contributed by atoms with E-state index in [1.54, 1.807) is 21.3 Å². The highest BCUT2D eigenvalue weighted by Crippen LogP contribution is 2.44. The van der Waals surface area contributed by atoms with E-state index in [2.05, 4.69) is 10.3 Å². The van der Waals surface area contributed by atoms with E-state index in [0.717, 1.165) is 30.6 Å². The summed E-state index contributed by atoms with van der Waals surface area (Å²) in [5.74, 6) is 1.69. The van der Waals surface area contributed by atoms with E-state index in [4.69, 9.17) is 25.8 Å². The zero-order chi connectivity index (χ0) is 20.5. The number of anilines is 1. The molecule has 7 nitrogen and oxygen atoms in total. The van der Waals surface area contributed by atoms with Gasteiger partial charge in [0.25, 0.3) is 5.91 Å². The molecule has 29 heavy (non-hydrogen) atoms. The summed E-state index contributed by atoms with van der Waals surface area (Å²) in [6.07, 6.45) is 1.57. The molecule has 2 fully saturated rings. The predicted octanol–water partition coefficient (Wildman–Crippen LogP) is 3.38. The monoisotopic (exact) mass is 417 g/mol. The molecule has 2 heterocycles. The van der Waals surface area contributed by atoms with Gasteiger partial charge in [0.15, 0.2) is 11.5 Å². The van der Waals surface area contributed by atoms with Crippen LogP contribution in [0.25, 0.3) is 0 Å². The molecular weight excluding hydrogens is 394 g/mol. The van der Waals surface area contributed by atoms with E-state index in [1.807, 2.05) is 41.4 Å². The quantitative estimate of drug-likeness (QED) is 0.804. The Kier molecular flexibility index (Phi) is 5.43.